The molecule has 1 fully saturated rings. The van der Waals surface area contributed by atoms with E-state index >= 15 is 0 Å². The molecule has 1 aliphatic heterocycles. The molecule has 4 rings (SSSR count). The Morgan fingerprint density at radius 1 is 1.03 bits per heavy atom. The largest absolute Gasteiger partial charge is 0.378 e. The van der Waals surface area contributed by atoms with E-state index in [1.165, 1.54) is 4.57 Å². The molecule has 3 aromatic rings. The Hall–Kier alpha value is -3.47. The number of rotatable bonds is 3. The molecule has 0 bridgehead atoms. The van der Waals surface area contributed by atoms with Gasteiger partial charge in [-0.05, 0) is 23.8 Å². The molecule has 0 aliphatic carbocycles. The van der Waals surface area contributed by atoms with Gasteiger partial charge >= 0.3 is 0 Å². The van der Waals surface area contributed by atoms with E-state index < -0.39 is 0 Å². The molecule has 0 N–H and O–H groups in total. The minimum absolute atomic E-state index is 0.0319. The fourth-order valence-electron chi connectivity index (χ4n) is 3.27. The fraction of sp³-hybridized carbons (Fsp3) is 0.174. The SMILES string of the molecule is N#CC(C(=O)N1CCOCC1)=c1sc(=Cc2ccccc2)c(=O)n1-c1ccccc1. The second kappa shape index (κ2) is 8.91. The Morgan fingerprint density at radius 2 is 1.67 bits per heavy atom. The maximum Gasteiger partial charge on any atom is 0.273 e. The van der Waals surface area contributed by atoms with Crippen LogP contribution in [0.1, 0.15) is 5.56 Å². The van der Waals surface area contributed by atoms with Gasteiger partial charge in [-0.3, -0.25) is 14.2 Å². The van der Waals surface area contributed by atoms with Gasteiger partial charge in [-0.2, -0.15) is 5.26 Å². The van der Waals surface area contributed by atoms with Crippen molar-refractivity contribution in [1.82, 2.24) is 9.47 Å². The van der Waals surface area contributed by atoms with E-state index in [4.69, 9.17) is 4.74 Å². The first-order valence-electron chi connectivity index (χ1n) is 9.54. The van der Waals surface area contributed by atoms with Crippen LogP contribution in [0.4, 0.5) is 0 Å². The summed E-state index contributed by atoms with van der Waals surface area (Å²) in [4.78, 5) is 28.0. The van der Waals surface area contributed by atoms with Gasteiger partial charge < -0.3 is 9.64 Å². The molecule has 150 valence electrons. The highest BCUT2D eigenvalue weighted by Crippen LogP contribution is 2.08. The molecule has 30 heavy (non-hydrogen) atoms. The van der Waals surface area contributed by atoms with Gasteiger partial charge in [0.05, 0.1) is 23.4 Å². The number of carbonyl (C=O) groups is 1. The number of aromatic nitrogens is 1. The van der Waals surface area contributed by atoms with Crippen LogP contribution in [0.2, 0.25) is 0 Å². The highest BCUT2D eigenvalue weighted by atomic mass is 32.1. The van der Waals surface area contributed by atoms with E-state index in [-0.39, 0.29) is 17.0 Å². The molecule has 7 heteroatoms. The number of amides is 1. The number of carbonyl (C=O) groups excluding carboxylic acids is 1. The van der Waals surface area contributed by atoms with E-state index in [9.17, 15) is 14.9 Å². The van der Waals surface area contributed by atoms with Crippen LogP contribution in [0.15, 0.2) is 65.5 Å². The molecule has 0 atom stereocenters. The highest BCUT2D eigenvalue weighted by Gasteiger charge is 2.23. The maximum atomic E-state index is 13.3. The normalized spacial score (nSPS) is 15.6. The molecule has 0 spiro atoms. The standard InChI is InChI=1S/C23H19N3O3S/c24-16-19(21(27)25-11-13-29-14-12-25)23-26(18-9-5-2-6-10-18)22(28)20(30-23)15-17-7-3-1-4-8-17/h1-10,15H,11-14H2. The lowest BCUT2D eigenvalue weighted by atomic mass is 10.2. The van der Waals surface area contributed by atoms with E-state index in [0.29, 0.717) is 41.2 Å². The van der Waals surface area contributed by atoms with E-state index in [1.54, 1.807) is 23.1 Å². The summed E-state index contributed by atoms with van der Waals surface area (Å²) in [6.45, 7) is 1.72. The summed E-state index contributed by atoms with van der Waals surface area (Å²) in [5.74, 6) is -0.377. The number of para-hydroxylation sites is 1. The Morgan fingerprint density at radius 3 is 2.30 bits per heavy atom. The zero-order valence-electron chi connectivity index (χ0n) is 16.2. The average molecular weight is 417 g/mol. The molecule has 0 saturated carbocycles. The maximum absolute atomic E-state index is 13.3. The molecule has 1 aliphatic rings. The molecule has 1 saturated heterocycles. The summed E-state index contributed by atoms with van der Waals surface area (Å²) in [5, 5.41) is 9.86. The quantitative estimate of drug-likeness (QED) is 0.643. The van der Waals surface area contributed by atoms with Crippen molar-refractivity contribution in [1.29, 1.82) is 5.26 Å². The minimum atomic E-state index is -0.377. The van der Waals surface area contributed by atoms with Crippen molar-refractivity contribution in [3.05, 3.63) is 85.8 Å². The summed E-state index contributed by atoms with van der Waals surface area (Å²) >= 11 is 1.16. The first kappa shape index (κ1) is 19.8. The first-order valence-corrected chi connectivity index (χ1v) is 10.4. The topological polar surface area (TPSA) is 75.3 Å². The van der Waals surface area contributed by atoms with Crippen LogP contribution in [0.5, 0.6) is 0 Å². The second-order valence-corrected chi connectivity index (χ2v) is 7.72. The number of hydrogen-bond donors (Lipinski definition) is 0. The number of nitriles is 1. The number of nitrogens with zero attached hydrogens (tertiary/aromatic N) is 3. The second-order valence-electron chi connectivity index (χ2n) is 6.69. The van der Waals surface area contributed by atoms with Crippen LogP contribution < -0.4 is 14.8 Å². The molecule has 0 radical (unpaired) electrons. The van der Waals surface area contributed by atoms with Gasteiger partial charge in [0.15, 0.2) is 5.57 Å². The predicted octanol–water partition coefficient (Wildman–Crippen LogP) is 1.26. The Bertz CT molecular complexity index is 1270. The van der Waals surface area contributed by atoms with Gasteiger partial charge in [0.2, 0.25) is 0 Å². The summed E-state index contributed by atoms with van der Waals surface area (Å²) in [6, 6.07) is 20.6. The molecular weight excluding hydrogens is 398 g/mol. The molecule has 6 nitrogen and oxygen atoms in total. The van der Waals surface area contributed by atoms with Gasteiger partial charge in [-0.15, -0.1) is 11.3 Å². The third-order valence-corrected chi connectivity index (χ3v) is 5.87. The van der Waals surface area contributed by atoms with Gasteiger partial charge in [0.25, 0.3) is 11.5 Å². The first-order chi connectivity index (χ1) is 14.7. The number of morpholine rings is 1. The number of thiazole rings is 1. The van der Waals surface area contributed by atoms with Crippen molar-refractivity contribution in [2.45, 2.75) is 0 Å². The predicted molar refractivity (Wildman–Crippen MR) is 116 cm³/mol. The van der Waals surface area contributed by atoms with Gasteiger partial charge in [-0.1, -0.05) is 48.5 Å². The lowest BCUT2D eigenvalue weighted by Gasteiger charge is -2.26. The zero-order chi connectivity index (χ0) is 20.9. The Kier molecular flexibility index (Phi) is 5.89. The third kappa shape index (κ3) is 3.96. The monoisotopic (exact) mass is 417 g/mol. The van der Waals surface area contributed by atoms with Crippen LogP contribution in [0, 0.1) is 11.3 Å². The smallest absolute Gasteiger partial charge is 0.273 e. The van der Waals surface area contributed by atoms with Crippen molar-refractivity contribution < 1.29 is 9.53 Å². The van der Waals surface area contributed by atoms with Crippen molar-refractivity contribution in [3.8, 4) is 11.8 Å². The van der Waals surface area contributed by atoms with Crippen LogP contribution in [0.3, 0.4) is 0 Å². The lowest BCUT2D eigenvalue weighted by molar-refractivity contribution is -0.128. The Balaban J connectivity index is 1.98. The summed E-state index contributed by atoms with van der Waals surface area (Å²) in [7, 11) is 0. The molecule has 1 amide bonds. The summed E-state index contributed by atoms with van der Waals surface area (Å²) < 4.78 is 7.56. The average Bonchev–Trinajstić information content (AvgIpc) is 3.11. The molecule has 2 heterocycles. The zero-order valence-corrected chi connectivity index (χ0v) is 17.0. The van der Waals surface area contributed by atoms with Crippen molar-refractivity contribution in [3.63, 3.8) is 0 Å². The van der Waals surface area contributed by atoms with Crippen LogP contribution in [-0.2, 0) is 9.53 Å². The van der Waals surface area contributed by atoms with Crippen molar-refractivity contribution >= 4 is 28.9 Å². The lowest BCUT2D eigenvalue weighted by Crippen LogP contribution is -2.42. The Labute approximate surface area is 177 Å². The van der Waals surface area contributed by atoms with Crippen molar-refractivity contribution in [2.75, 3.05) is 26.3 Å². The molecule has 0 unspecified atom stereocenters. The summed E-state index contributed by atoms with van der Waals surface area (Å²) in [5.41, 5.74) is 1.20. The van der Waals surface area contributed by atoms with E-state index in [2.05, 4.69) is 6.07 Å². The van der Waals surface area contributed by atoms with Crippen LogP contribution in [0.25, 0.3) is 17.3 Å². The third-order valence-electron chi connectivity index (χ3n) is 4.77. The minimum Gasteiger partial charge on any atom is -0.378 e. The molecule has 1 aromatic heterocycles. The van der Waals surface area contributed by atoms with Gasteiger partial charge in [-0.25, -0.2) is 0 Å². The fourth-order valence-corrected chi connectivity index (χ4v) is 4.37. The number of ether oxygens (including phenoxy) is 1. The van der Waals surface area contributed by atoms with Gasteiger partial charge in [0.1, 0.15) is 10.7 Å². The number of benzene rings is 2. The van der Waals surface area contributed by atoms with E-state index in [1.807, 2.05) is 48.5 Å². The number of hydrogen-bond acceptors (Lipinski definition) is 5. The highest BCUT2D eigenvalue weighted by molar-refractivity contribution is 7.07. The van der Waals surface area contributed by atoms with Crippen LogP contribution >= 0.6 is 11.3 Å². The van der Waals surface area contributed by atoms with Crippen molar-refractivity contribution in [2.24, 2.45) is 0 Å². The van der Waals surface area contributed by atoms with Crippen LogP contribution in [-0.4, -0.2) is 41.7 Å². The van der Waals surface area contributed by atoms with Gasteiger partial charge in [0, 0.05) is 13.1 Å². The molecule has 2 aromatic carbocycles. The van der Waals surface area contributed by atoms with E-state index in [0.717, 1.165) is 16.9 Å². The summed E-state index contributed by atoms with van der Waals surface area (Å²) in [6.07, 6.45) is 1.78. The molecular formula is C23H19N3O3S.